The molecule has 4 nitrogen and oxygen atoms in total. The fourth-order valence-corrected chi connectivity index (χ4v) is 2.84. The van der Waals surface area contributed by atoms with Gasteiger partial charge in [-0.2, -0.15) is 0 Å². The number of benzene rings is 2. The number of ether oxygens (including phenoxy) is 2. The minimum absolute atomic E-state index is 0.0653. The molecule has 1 atom stereocenters. The van der Waals surface area contributed by atoms with Gasteiger partial charge < -0.3 is 14.4 Å². The van der Waals surface area contributed by atoms with E-state index in [4.69, 9.17) is 9.47 Å². The van der Waals surface area contributed by atoms with E-state index in [1.807, 2.05) is 44.2 Å². The minimum Gasteiger partial charge on any atom is -0.496 e. The van der Waals surface area contributed by atoms with E-state index in [0.717, 1.165) is 33.8 Å². The third kappa shape index (κ3) is 4.53. The number of hydrogen-bond acceptors (Lipinski definition) is 3. The number of nitrogens with zero attached hydrogens (tertiary/aromatic N) is 1. The smallest absolute Gasteiger partial charge is 0.263 e. The van der Waals surface area contributed by atoms with Crippen molar-refractivity contribution >= 4 is 5.91 Å². The molecule has 0 bridgehead atoms. The van der Waals surface area contributed by atoms with Gasteiger partial charge in [0.1, 0.15) is 11.5 Å². The second kappa shape index (κ2) is 8.06. The Labute approximate surface area is 150 Å². The molecule has 0 fully saturated rings. The zero-order valence-corrected chi connectivity index (χ0v) is 15.9. The van der Waals surface area contributed by atoms with E-state index in [2.05, 4.69) is 13.0 Å². The Morgan fingerprint density at radius 2 is 1.80 bits per heavy atom. The van der Waals surface area contributed by atoms with Crippen LogP contribution >= 0.6 is 0 Å². The Hall–Kier alpha value is -2.49. The van der Waals surface area contributed by atoms with E-state index in [1.165, 1.54) is 0 Å². The first kappa shape index (κ1) is 18.8. The van der Waals surface area contributed by atoms with E-state index in [1.54, 1.807) is 26.0 Å². The quantitative estimate of drug-likeness (QED) is 0.796. The van der Waals surface area contributed by atoms with Crippen molar-refractivity contribution in [3.8, 4) is 11.5 Å². The van der Waals surface area contributed by atoms with Crippen molar-refractivity contribution in [3.05, 3.63) is 58.7 Å². The lowest BCUT2D eigenvalue weighted by Gasteiger charge is -2.24. The first-order chi connectivity index (χ1) is 11.8. The molecule has 0 saturated heterocycles. The van der Waals surface area contributed by atoms with Crippen molar-refractivity contribution in [2.75, 3.05) is 14.2 Å². The van der Waals surface area contributed by atoms with Crippen LogP contribution in [-0.2, 0) is 11.3 Å². The number of amides is 1. The maximum Gasteiger partial charge on any atom is 0.263 e. The summed E-state index contributed by atoms with van der Waals surface area (Å²) in [5.41, 5.74) is 4.32. The molecule has 0 aliphatic heterocycles. The molecule has 0 aliphatic carbocycles. The molecule has 0 aliphatic rings. The van der Waals surface area contributed by atoms with Gasteiger partial charge in [0.05, 0.1) is 7.11 Å². The normalized spacial score (nSPS) is 11.8. The highest BCUT2D eigenvalue weighted by atomic mass is 16.5. The van der Waals surface area contributed by atoms with Gasteiger partial charge in [-0.05, 0) is 56.5 Å². The van der Waals surface area contributed by atoms with Gasteiger partial charge in [0.25, 0.3) is 5.91 Å². The molecule has 0 saturated carbocycles. The predicted molar refractivity (Wildman–Crippen MR) is 100 cm³/mol. The molecule has 0 radical (unpaired) electrons. The molecule has 0 unspecified atom stereocenters. The first-order valence-electron chi connectivity index (χ1n) is 8.45. The lowest BCUT2D eigenvalue weighted by atomic mass is 10.1. The molecule has 25 heavy (non-hydrogen) atoms. The van der Waals surface area contributed by atoms with Gasteiger partial charge in [0.2, 0.25) is 0 Å². The molecular formula is C21H27NO3. The van der Waals surface area contributed by atoms with Gasteiger partial charge in [-0.1, -0.05) is 24.3 Å². The fraction of sp³-hybridized carbons (Fsp3) is 0.381. The topological polar surface area (TPSA) is 38.8 Å². The summed E-state index contributed by atoms with van der Waals surface area (Å²) in [6.07, 6.45) is -0.556. The SMILES string of the molecule is COc1ccccc1CN(C)C(=O)[C@@H](C)Oc1cc(C)cc(C)c1C. The highest BCUT2D eigenvalue weighted by Gasteiger charge is 2.21. The Kier molecular flexibility index (Phi) is 6.07. The largest absolute Gasteiger partial charge is 0.496 e. The lowest BCUT2D eigenvalue weighted by Crippen LogP contribution is -2.37. The highest BCUT2D eigenvalue weighted by Crippen LogP contribution is 2.25. The molecule has 4 heteroatoms. The van der Waals surface area contributed by atoms with Crippen LogP contribution in [0, 0.1) is 20.8 Å². The van der Waals surface area contributed by atoms with E-state index in [0.29, 0.717) is 6.54 Å². The number of methoxy groups -OCH3 is 1. The highest BCUT2D eigenvalue weighted by molar-refractivity contribution is 5.80. The molecule has 134 valence electrons. The zero-order chi connectivity index (χ0) is 18.6. The summed E-state index contributed by atoms with van der Waals surface area (Å²) in [7, 11) is 3.41. The van der Waals surface area contributed by atoms with Gasteiger partial charge in [-0.25, -0.2) is 0 Å². The van der Waals surface area contributed by atoms with Gasteiger partial charge in [-0.3, -0.25) is 4.79 Å². The van der Waals surface area contributed by atoms with Crippen LogP contribution in [-0.4, -0.2) is 31.1 Å². The van der Waals surface area contributed by atoms with Gasteiger partial charge >= 0.3 is 0 Å². The van der Waals surface area contributed by atoms with Crippen LogP contribution in [0.3, 0.4) is 0 Å². The number of likely N-dealkylation sites (N-methyl/N-ethyl adjacent to an activating group) is 1. The third-order valence-electron chi connectivity index (χ3n) is 4.39. The van der Waals surface area contributed by atoms with Gasteiger partial charge in [-0.15, -0.1) is 0 Å². The Balaban J connectivity index is 2.09. The number of carbonyl (C=O) groups is 1. The molecule has 0 spiro atoms. The number of para-hydroxylation sites is 1. The molecule has 1 amide bonds. The molecule has 0 heterocycles. The van der Waals surface area contributed by atoms with Crippen molar-refractivity contribution in [2.24, 2.45) is 0 Å². The molecule has 2 rings (SSSR count). The zero-order valence-electron chi connectivity index (χ0n) is 15.9. The van der Waals surface area contributed by atoms with E-state index in [9.17, 15) is 4.79 Å². The second-order valence-electron chi connectivity index (χ2n) is 6.47. The summed E-state index contributed by atoms with van der Waals surface area (Å²) in [6.45, 7) is 8.36. The van der Waals surface area contributed by atoms with Gasteiger partial charge in [0.15, 0.2) is 6.10 Å². The van der Waals surface area contributed by atoms with Crippen LogP contribution in [0.25, 0.3) is 0 Å². The van der Waals surface area contributed by atoms with Gasteiger partial charge in [0, 0.05) is 19.2 Å². The van der Waals surface area contributed by atoms with Crippen molar-refractivity contribution < 1.29 is 14.3 Å². The summed E-state index contributed by atoms with van der Waals surface area (Å²) < 4.78 is 11.3. The standard InChI is InChI=1S/C21H27NO3/c1-14-11-15(2)16(3)20(12-14)25-17(4)21(23)22(5)13-18-9-7-8-10-19(18)24-6/h7-12,17H,13H2,1-6H3/t17-/m1/s1. The molecule has 2 aromatic rings. The average Bonchev–Trinajstić information content (AvgIpc) is 2.58. The van der Waals surface area contributed by atoms with Crippen LogP contribution < -0.4 is 9.47 Å². The lowest BCUT2D eigenvalue weighted by molar-refractivity contribution is -0.137. The second-order valence-corrected chi connectivity index (χ2v) is 6.47. The Morgan fingerprint density at radius 3 is 2.48 bits per heavy atom. The predicted octanol–water partition coefficient (Wildman–Crippen LogP) is 4.05. The third-order valence-corrected chi connectivity index (χ3v) is 4.39. The summed E-state index contributed by atoms with van der Waals surface area (Å²) in [4.78, 5) is 14.4. The van der Waals surface area contributed by atoms with Crippen molar-refractivity contribution in [1.82, 2.24) is 4.90 Å². The number of hydrogen-bond donors (Lipinski definition) is 0. The molecule has 0 N–H and O–H groups in total. The van der Waals surface area contributed by atoms with Crippen molar-refractivity contribution in [2.45, 2.75) is 40.3 Å². The fourth-order valence-electron chi connectivity index (χ4n) is 2.84. The Bertz CT molecular complexity index is 755. The van der Waals surface area contributed by atoms with Crippen molar-refractivity contribution in [1.29, 1.82) is 0 Å². The van der Waals surface area contributed by atoms with Crippen LogP contribution in [0.4, 0.5) is 0 Å². The molecular weight excluding hydrogens is 314 g/mol. The van der Waals surface area contributed by atoms with Crippen molar-refractivity contribution in [3.63, 3.8) is 0 Å². The van der Waals surface area contributed by atoms with Crippen LogP contribution in [0.2, 0.25) is 0 Å². The first-order valence-corrected chi connectivity index (χ1v) is 8.45. The number of aryl methyl sites for hydroxylation is 2. The average molecular weight is 341 g/mol. The summed E-state index contributed by atoms with van der Waals surface area (Å²) in [5, 5.41) is 0. The Morgan fingerprint density at radius 1 is 1.12 bits per heavy atom. The van der Waals surface area contributed by atoms with Crippen LogP contribution in [0.1, 0.15) is 29.2 Å². The molecule has 0 aromatic heterocycles. The van der Waals surface area contributed by atoms with Crippen LogP contribution in [0.15, 0.2) is 36.4 Å². The summed E-state index contributed by atoms with van der Waals surface area (Å²) >= 11 is 0. The maximum absolute atomic E-state index is 12.7. The minimum atomic E-state index is -0.556. The molecule has 2 aromatic carbocycles. The maximum atomic E-state index is 12.7. The number of rotatable bonds is 6. The van der Waals surface area contributed by atoms with E-state index < -0.39 is 6.10 Å². The summed E-state index contributed by atoms with van der Waals surface area (Å²) in [6, 6.07) is 11.8. The van der Waals surface area contributed by atoms with E-state index in [-0.39, 0.29) is 5.91 Å². The van der Waals surface area contributed by atoms with E-state index >= 15 is 0 Å². The van der Waals surface area contributed by atoms with Crippen LogP contribution in [0.5, 0.6) is 11.5 Å². The number of carbonyl (C=O) groups excluding carboxylic acids is 1. The summed E-state index contributed by atoms with van der Waals surface area (Å²) in [5.74, 6) is 1.48. The monoisotopic (exact) mass is 341 g/mol.